The number of ether oxygens (including phenoxy) is 1. The monoisotopic (exact) mass is 363 g/mol. The van der Waals surface area contributed by atoms with E-state index in [1.165, 1.54) is 6.42 Å². The number of hydrogen-bond donors (Lipinski definition) is 3. The van der Waals surface area contributed by atoms with Gasteiger partial charge in [-0.25, -0.2) is 0 Å². The van der Waals surface area contributed by atoms with Gasteiger partial charge in [0.25, 0.3) is 0 Å². The Kier molecular flexibility index (Phi) is 11.2. The zero-order valence-electron chi connectivity index (χ0n) is 15.2. The van der Waals surface area contributed by atoms with Crippen LogP contribution in [0.4, 0.5) is 0 Å². The van der Waals surface area contributed by atoms with Crippen LogP contribution in [0.5, 0.6) is 0 Å². The number of hydrogen-bond acceptors (Lipinski definition) is 4. The van der Waals surface area contributed by atoms with Gasteiger partial charge >= 0.3 is 0 Å². The van der Waals surface area contributed by atoms with Gasteiger partial charge in [0.2, 0.25) is 11.8 Å². The molecule has 142 valence electrons. The van der Waals surface area contributed by atoms with Crippen LogP contribution in [0, 0.1) is 5.92 Å². The number of nitrogens with two attached hydrogens (primary N) is 1. The highest BCUT2D eigenvalue weighted by atomic mass is 35.5. The molecule has 4 N–H and O–H groups in total. The Hall–Kier alpha value is -0.850. The Morgan fingerprint density at radius 3 is 2.33 bits per heavy atom. The molecule has 24 heavy (non-hydrogen) atoms. The maximum atomic E-state index is 12.0. The Bertz CT molecular complexity index is 385. The normalized spacial score (nSPS) is 17.7. The van der Waals surface area contributed by atoms with Crippen LogP contribution in [0.2, 0.25) is 0 Å². The van der Waals surface area contributed by atoms with Gasteiger partial charge in [0.05, 0.1) is 18.2 Å². The van der Waals surface area contributed by atoms with E-state index in [0.717, 1.165) is 38.7 Å². The molecule has 7 heteroatoms. The number of nitrogens with one attached hydrogen (secondary N) is 2. The van der Waals surface area contributed by atoms with Crippen LogP contribution < -0.4 is 16.4 Å². The highest BCUT2D eigenvalue weighted by molar-refractivity contribution is 5.87. The topological polar surface area (TPSA) is 93.5 Å². The quantitative estimate of drug-likeness (QED) is 0.581. The molecule has 0 aromatic carbocycles. The van der Waals surface area contributed by atoms with Gasteiger partial charge in [-0.15, -0.1) is 12.4 Å². The first-order chi connectivity index (χ1) is 10.9. The van der Waals surface area contributed by atoms with Crippen LogP contribution in [0.1, 0.15) is 59.3 Å². The van der Waals surface area contributed by atoms with Crippen molar-refractivity contribution in [2.75, 3.05) is 19.7 Å². The van der Waals surface area contributed by atoms with Gasteiger partial charge in [-0.3, -0.25) is 9.59 Å². The second kappa shape index (κ2) is 11.7. The summed E-state index contributed by atoms with van der Waals surface area (Å²) in [5, 5.41) is 5.50. The molecule has 1 rings (SSSR count). The van der Waals surface area contributed by atoms with E-state index in [2.05, 4.69) is 17.6 Å². The third-order valence-corrected chi connectivity index (χ3v) is 4.43. The molecular formula is C17H34ClN3O3. The van der Waals surface area contributed by atoms with Crippen molar-refractivity contribution < 1.29 is 14.3 Å². The first-order valence-corrected chi connectivity index (χ1v) is 8.84. The molecule has 0 unspecified atom stereocenters. The molecule has 0 spiro atoms. The van der Waals surface area contributed by atoms with E-state index in [9.17, 15) is 9.59 Å². The average Bonchev–Trinajstić information content (AvgIpc) is 2.56. The van der Waals surface area contributed by atoms with Crippen molar-refractivity contribution in [2.24, 2.45) is 11.7 Å². The lowest BCUT2D eigenvalue weighted by Gasteiger charge is -2.37. The fourth-order valence-electron chi connectivity index (χ4n) is 2.80. The van der Waals surface area contributed by atoms with E-state index in [1.807, 2.05) is 13.8 Å². The van der Waals surface area contributed by atoms with Crippen LogP contribution in [0.3, 0.4) is 0 Å². The molecule has 0 saturated heterocycles. The Labute approximate surface area is 152 Å². The SMILES string of the molecule is CCCOC1(CNC(=O)CNC(=O)[C@@H](N)C(C)C)CCCCC1.Cl. The highest BCUT2D eigenvalue weighted by Crippen LogP contribution is 2.31. The molecule has 1 aliphatic carbocycles. The fraction of sp³-hybridized carbons (Fsp3) is 0.882. The zero-order valence-corrected chi connectivity index (χ0v) is 16.0. The van der Waals surface area contributed by atoms with Crippen molar-refractivity contribution in [1.29, 1.82) is 0 Å². The molecule has 1 fully saturated rings. The molecule has 0 radical (unpaired) electrons. The third-order valence-electron chi connectivity index (χ3n) is 4.43. The standard InChI is InChI=1S/C17H33N3O3.ClH/c1-4-10-23-17(8-6-5-7-9-17)12-20-14(21)11-19-16(22)15(18)13(2)3;/h13,15H,4-12,18H2,1-3H3,(H,19,22)(H,20,21);1H/t15-;/m0./s1. The van der Waals surface area contributed by atoms with Crippen molar-refractivity contribution in [3.63, 3.8) is 0 Å². The zero-order chi connectivity index (χ0) is 17.3. The summed E-state index contributed by atoms with van der Waals surface area (Å²) in [5.74, 6) is -0.435. The van der Waals surface area contributed by atoms with E-state index in [4.69, 9.17) is 10.5 Å². The molecule has 0 bridgehead atoms. The molecule has 6 nitrogen and oxygen atoms in total. The summed E-state index contributed by atoms with van der Waals surface area (Å²) in [6, 6.07) is -0.583. The number of rotatable bonds is 9. The van der Waals surface area contributed by atoms with E-state index >= 15 is 0 Å². The van der Waals surface area contributed by atoms with Crippen molar-refractivity contribution in [3.05, 3.63) is 0 Å². The second-order valence-electron chi connectivity index (χ2n) is 6.86. The molecule has 1 aliphatic rings. The predicted octanol–water partition coefficient (Wildman–Crippen LogP) is 1.75. The Balaban J connectivity index is 0.00000529. The predicted molar refractivity (Wildman–Crippen MR) is 98.1 cm³/mol. The van der Waals surface area contributed by atoms with Crippen molar-refractivity contribution in [3.8, 4) is 0 Å². The molecule has 0 aromatic rings. The third kappa shape index (κ3) is 7.81. The number of amides is 2. The maximum Gasteiger partial charge on any atom is 0.239 e. The summed E-state index contributed by atoms with van der Waals surface area (Å²) in [7, 11) is 0. The molecule has 1 atom stereocenters. The molecule has 0 aromatic heterocycles. The molecule has 1 saturated carbocycles. The van der Waals surface area contributed by atoms with Crippen LogP contribution in [0.15, 0.2) is 0 Å². The summed E-state index contributed by atoms with van der Waals surface area (Å²) in [5.41, 5.74) is 5.52. The second-order valence-corrected chi connectivity index (χ2v) is 6.86. The summed E-state index contributed by atoms with van der Waals surface area (Å²) >= 11 is 0. The van der Waals surface area contributed by atoms with Gasteiger partial charge in [0.15, 0.2) is 0 Å². The Morgan fingerprint density at radius 2 is 1.79 bits per heavy atom. The minimum atomic E-state index is -0.583. The summed E-state index contributed by atoms with van der Waals surface area (Å²) < 4.78 is 6.04. The number of carbonyl (C=O) groups excluding carboxylic acids is 2. The first-order valence-electron chi connectivity index (χ1n) is 8.84. The molecule has 0 heterocycles. The smallest absolute Gasteiger partial charge is 0.239 e. The number of halogens is 1. The Morgan fingerprint density at radius 1 is 1.17 bits per heavy atom. The minimum Gasteiger partial charge on any atom is -0.373 e. The van der Waals surface area contributed by atoms with E-state index < -0.39 is 6.04 Å². The lowest BCUT2D eigenvalue weighted by atomic mass is 9.84. The summed E-state index contributed by atoms with van der Waals surface area (Å²) in [4.78, 5) is 23.7. The van der Waals surface area contributed by atoms with Crippen LogP contribution >= 0.6 is 12.4 Å². The first kappa shape index (κ1) is 23.1. The van der Waals surface area contributed by atoms with Gasteiger partial charge in [0, 0.05) is 13.2 Å². The van der Waals surface area contributed by atoms with Gasteiger partial charge in [-0.2, -0.15) is 0 Å². The largest absolute Gasteiger partial charge is 0.373 e. The van der Waals surface area contributed by atoms with Gasteiger partial charge in [-0.05, 0) is 25.2 Å². The minimum absolute atomic E-state index is 0. The van der Waals surface area contributed by atoms with Crippen LogP contribution in [-0.4, -0.2) is 43.2 Å². The van der Waals surface area contributed by atoms with E-state index in [0.29, 0.717) is 6.54 Å². The lowest BCUT2D eigenvalue weighted by molar-refractivity contribution is -0.128. The van der Waals surface area contributed by atoms with Gasteiger partial charge < -0.3 is 21.1 Å². The maximum absolute atomic E-state index is 12.0. The van der Waals surface area contributed by atoms with E-state index in [-0.39, 0.29) is 42.3 Å². The van der Waals surface area contributed by atoms with Gasteiger partial charge in [0.1, 0.15) is 0 Å². The summed E-state index contributed by atoms with van der Waals surface area (Å²) in [6.45, 7) is 7.03. The lowest BCUT2D eigenvalue weighted by Crippen LogP contribution is -2.50. The molecule has 2 amide bonds. The number of carbonyl (C=O) groups is 2. The van der Waals surface area contributed by atoms with Crippen LogP contribution in [0.25, 0.3) is 0 Å². The van der Waals surface area contributed by atoms with Crippen molar-refractivity contribution in [2.45, 2.75) is 70.9 Å². The van der Waals surface area contributed by atoms with Crippen molar-refractivity contribution in [1.82, 2.24) is 10.6 Å². The van der Waals surface area contributed by atoms with Gasteiger partial charge in [-0.1, -0.05) is 40.0 Å². The average molecular weight is 364 g/mol. The highest BCUT2D eigenvalue weighted by Gasteiger charge is 2.33. The fourth-order valence-corrected chi connectivity index (χ4v) is 2.80. The van der Waals surface area contributed by atoms with Crippen molar-refractivity contribution >= 4 is 24.2 Å². The van der Waals surface area contributed by atoms with E-state index in [1.54, 1.807) is 0 Å². The molecule has 0 aliphatic heterocycles. The van der Waals surface area contributed by atoms with Crippen LogP contribution in [-0.2, 0) is 14.3 Å². The summed E-state index contributed by atoms with van der Waals surface area (Å²) in [6.07, 6.45) is 6.45. The molecular weight excluding hydrogens is 330 g/mol.